The summed E-state index contributed by atoms with van der Waals surface area (Å²) in [5, 5.41) is 8.34. The number of anilines is 3. The molecule has 1 atom stereocenters. The second-order valence-corrected chi connectivity index (χ2v) is 6.71. The maximum atomic E-state index is 13.2. The van der Waals surface area contributed by atoms with Gasteiger partial charge in [-0.25, -0.2) is 8.78 Å². The molecule has 7 heteroatoms. The zero-order valence-corrected chi connectivity index (χ0v) is 15.5. The topological polar surface area (TPSA) is 70.2 Å². The average Bonchev–Trinajstić information content (AvgIpc) is 2.59. The van der Waals surface area contributed by atoms with Gasteiger partial charge in [-0.1, -0.05) is 13.8 Å². The van der Waals surface area contributed by atoms with Crippen LogP contribution in [0.15, 0.2) is 42.5 Å². The summed E-state index contributed by atoms with van der Waals surface area (Å²) >= 11 is 0. The molecule has 1 unspecified atom stereocenters. The lowest BCUT2D eigenvalue weighted by molar-refractivity contribution is -0.117. The molecule has 2 rings (SSSR count). The minimum atomic E-state index is -1.02. The van der Waals surface area contributed by atoms with Gasteiger partial charge in [0.15, 0.2) is 11.6 Å². The van der Waals surface area contributed by atoms with E-state index in [0.29, 0.717) is 17.8 Å². The molecule has 3 N–H and O–H groups in total. The van der Waals surface area contributed by atoms with Gasteiger partial charge in [-0.2, -0.15) is 0 Å². The number of rotatable bonds is 7. The molecule has 2 amide bonds. The summed E-state index contributed by atoms with van der Waals surface area (Å²) in [6.07, 6.45) is 0.446. The molecule has 0 radical (unpaired) electrons. The van der Waals surface area contributed by atoms with Crippen LogP contribution in [-0.4, -0.2) is 17.9 Å². The minimum Gasteiger partial charge on any atom is -0.374 e. The van der Waals surface area contributed by atoms with Crippen LogP contribution >= 0.6 is 0 Å². The number of carbonyl (C=O) groups excluding carboxylic acids is 2. The van der Waals surface area contributed by atoms with E-state index in [2.05, 4.69) is 16.0 Å². The van der Waals surface area contributed by atoms with Crippen molar-refractivity contribution < 1.29 is 18.4 Å². The van der Waals surface area contributed by atoms with Crippen molar-refractivity contribution in [3.8, 4) is 0 Å². The third-order valence-corrected chi connectivity index (χ3v) is 3.73. The molecule has 0 spiro atoms. The van der Waals surface area contributed by atoms with Crippen LogP contribution in [0.5, 0.6) is 0 Å². The predicted octanol–water partition coefficient (Wildman–Crippen LogP) is 4.39. The molecule has 0 aliphatic heterocycles. The van der Waals surface area contributed by atoms with E-state index in [1.54, 1.807) is 31.2 Å². The van der Waals surface area contributed by atoms with Gasteiger partial charge in [-0.3, -0.25) is 9.59 Å². The predicted molar refractivity (Wildman–Crippen MR) is 103 cm³/mol. The van der Waals surface area contributed by atoms with Crippen LogP contribution in [0.3, 0.4) is 0 Å². The van der Waals surface area contributed by atoms with E-state index in [-0.39, 0.29) is 17.5 Å². The van der Waals surface area contributed by atoms with E-state index < -0.39 is 23.6 Å². The summed E-state index contributed by atoms with van der Waals surface area (Å²) < 4.78 is 26.1. The van der Waals surface area contributed by atoms with Gasteiger partial charge in [0, 0.05) is 29.5 Å². The monoisotopic (exact) mass is 375 g/mol. The Bertz CT molecular complexity index is 807. The molecule has 0 aliphatic carbocycles. The first-order valence-corrected chi connectivity index (χ1v) is 8.67. The van der Waals surface area contributed by atoms with Gasteiger partial charge in [0.05, 0.1) is 0 Å². The zero-order chi connectivity index (χ0) is 20.0. The standard InChI is InChI=1S/C20H23F2N3O2/c1-12(2)10-19(26)24-15-6-4-14(5-7-15)23-13(3)20(27)25-16-8-9-17(21)18(22)11-16/h4-9,11-13,23H,10H2,1-3H3,(H,24,26)(H,25,27). The van der Waals surface area contributed by atoms with Crippen molar-refractivity contribution in [2.75, 3.05) is 16.0 Å². The first-order chi connectivity index (χ1) is 12.7. The lowest BCUT2D eigenvalue weighted by atomic mass is 10.1. The van der Waals surface area contributed by atoms with E-state index in [1.807, 2.05) is 13.8 Å². The molecule has 0 aliphatic rings. The average molecular weight is 375 g/mol. The molecule has 0 saturated carbocycles. The van der Waals surface area contributed by atoms with Gasteiger partial charge in [-0.15, -0.1) is 0 Å². The Balaban J connectivity index is 1.90. The van der Waals surface area contributed by atoms with Crippen LogP contribution in [0.2, 0.25) is 0 Å². The van der Waals surface area contributed by atoms with Gasteiger partial charge >= 0.3 is 0 Å². The van der Waals surface area contributed by atoms with Crippen molar-refractivity contribution >= 4 is 28.9 Å². The molecule has 0 fully saturated rings. The molecule has 0 saturated heterocycles. The molecular weight excluding hydrogens is 352 g/mol. The van der Waals surface area contributed by atoms with Crippen LogP contribution in [-0.2, 0) is 9.59 Å². The third-order valence-electron chi connectivity index (χ3n) is 3.73. The second kappa shape index (κ2) is 9.12. The van der Waals surface area contributed by atoms with Crippen molar-refractivity contribution in [3.63, 3.8) is 0 Å². The molecule has 2 aromatic rings. The van der Waals surface area contributed by atoms with Crippen molar-refractivity contribution in [3.05, 3.63) is 54.1 Å². The summed E-state index contributed by atoms with van der Waals surface area (Å²) in [7, 11) is 0. The molecule has 0 heterocycles. The Morgan fingerprint density at radius 1 is 0.852 bits per heavy atom. The van der Waals surface area contributed by atoms with E-state index in [0.717, 1.165) is 12.1 Å². The van der Waals surface area contributed by atoms with Crippen molar-refractivity contribution in [2.45, 2.75) is 33.2 Å². The Hall–Kier alpha value is -2.96. The quantitative estimate of drug-likeness (QED) is 0.672. The van der Waals surface area contributed by atoms with E-state index in [1.165, 1.54) is 6.07 Å². The smallest absolute Gasteiger partial charge is 0.246 e. The van der Waals surface area contributed by atoms with Crippen LogP contribution in [0.4, 0.5) is 25.8 Å². The highest BCUT2D eigenvalue weighted by Crippen LogP contribution is 2.17. The van der Waals surface area contributed by atoms with Gasteiger partial charge in [0.2, 0.25) is 11.8 Å². The summed E-state index contributed by atoms with van der Waals surface area (Å²) in [6, 6.07) is 9.51. The van der Waals surface area contributed by atoms with Crippen LogP contribution in [0.25, 0.3) is 0 Å². The Morgan fingerprint density at radius 3 is 2.04 bits per heavy atom. The molecule has 144 valence electrons. The number of carbonyl (C=O) groups is 2. The SMILES string of the molecule is CC(C)CC(=O)Nc1ccc(NC(C)C(=O)Nc2ccc(F)c(F)c2)cc1. The number of benzene rings is 2. The number of amides is 2. The third kappa shape index (κ3) is 6.36. The summed E-state index contributed by atoms with van der Waals surface area (Å²) in [4.78, 5) is 23.9. The fourth-order valence-electron chi connectivity index (χ4n) is 2.37. The first-order valence-electron chi connectivity index (χ1n) is 8.67. The molecule has 0 aromatic heterocycles. The second-order valence-electron chi connectivity index (χ2n) is 6.71. The van der Waals surface area contributed by atoms with Crippen molar-refractivity contribution in [1.82, 2.24) is 0 Å². The number of hydrogen-bond donors (Lipinski definition) is 3. The maximum absolute atomic E-state index is 13.2. The molecule has 2 aromatic carbocycles. The van der Waals surface area contributed by atoms with Gasteiger partial charge < -0.3 is 16.0 Å². The van der Waals surface area contributed by atoms with Crippen molar-refractivity contribution in [2.24, 2.45) is 5.92 Å². The maximum Gasteiger partial charge on any atom is 0.246 e. The molecule has 5 nitrogen and oxygen atoms in total. The van der Waals surface area contributed by atoms with Crippen LogP contribution in [0, 0.1) is 17.6 Å². The summed E-state index contributed by atoms with van der Waals surface area (Å²) in [6.45, 7) is 5.59. The van der Waals surface area contributed by atoms with Gasteiger partial charge in [0.25, 0.3) is 0 Å². The largest absolute Gasteiger partial charge is 0.374 e. The Kier molecular flexibility index (Phi) is 6.87. The lowest BCUT2D eigenvalue weighted by Crippen LogP contribution is -2.31. The number of hydrogen-bond acceptors (Lipinski definition) is 3. The Labute approximate surface area is 157 Å². The fourth-order valence-corrected chi connectivity index (χ4v) is 2.37. The molecular formula is C20H23F2N3O2. The zero-order valence-electron chi connectivity index (χ0n) is 15.5. The highest BCUT2D eigenvalue weighted by molar-refractivity contribution is 5.96. The lowest BCUT2D eigenvalue weighted by Gasteiger charge is -2.16. The highest BCUT2D eigenvalue weighted by Gasteiger charge is 2.14. The fraction of sp³-hybridized carbons (Fsp3) is 0.300. The summed E-state index contributed by atoms with van der Waals surface area (Å²) in [5.74, 6) is -2.16. The van der Waals surface area contributed by atoms with Crippen molar-refractivity contribution in [1.29, 1.82) is 0 Å². The number of nitrogens with one attached hydrogen (secondary N) is 3. The molecule has 27 heavy (non-hydrogen) atoms. The summed E-state index contributed by atoms with van der Waals surface area (Å²) in [5.41, 5.74) is 1.53. The van der Waals surface area contributed by atoms with E-state index in [4.69, 9.17) is 0 Å². The number of halogens is 2. The van der Waals surface area contributed by atoms with Gasteiger partial charge in [0.1, 0.15) is 6.04 Å². The normalized spacial score (nSPS) is 11.8. The van der Waals surface area contributed by atoms with E-state index in [9.17, 15) is 18.4 Å². The van der Waals surface area contributed by atoms with Gasteiger partial charge in [-0.05, 0) is 49.2 Å². The highest BCUT2D eigenvalue weighted by atomic mass is 19.2. The van der Waals surface area contributed by atoms with Crippen LogP contribution < -0.4 is 16.0 Å². The first kappa shape index (κ1) is 20.4. The minimum absolute atomic E-state index is 0.0509. The van der Waals surface area contributed by atoms with E-state index >= 15 is 0 Å². The van der Waals surface area contributed by atoms with Crippen LogP contribution in [0.1, 0.15) is 27.2 Å². The molecule has 0 bridgehead atoms. The Morgan fingerprint density at radius 2 is 1.44 bits per heavy atom.